The summed E-state index contributed by atoms with van der Waals surface area (Å²) in [5, 5.41) is 2.40. The maximum atomic E-state index is 5.42. The van der Waals surface area contributed by atoms with E-state index < -0.39 is 0 Å². The average Bonchev–Trinajstić information content (AvgIpc) is 3.05. The lowest BCUT2D eigenvalue weighted by Crippen LogP contribution is -1.88. The second-order valence-electron chi connectivity index (χ2n) is 5.34. The molecule has 3 aromatic carbocycles. The van der Waals surface area contributed by atoms with Crippen LogP contribution in [0, 0.1) is 0 Å². The number of nitrogens with one attached hydrogen (secondary N) is 1. The van der Waals surface area contributed by atoms with E-state index in [-0.39, 0.29) is 0 Å². The molecule has 1 N–H and O–H groups in total. The number of ether oxygens (including phenoxy) is 2. The van der Waals surface area contributed by atoms with Gasteiger partial charge in [-0.2, -0.15) is 0 Å². The molecule has 0 spiro atoms. The summed E-state index contributed by atoms with van der Waals surface area (Å²) in [7, 11) is 3.30. The monoisotopic (exact) mass is 304 g/mol. The number of hydrogen-bond acceptors (Lipinski definition) is 3. The lowest BCUT2D eigenvalue weighted by atomic mass is 10.1. The molecule has 0 saturated heterocycles. The van der Waals surface area contributed by atoms with Gasteiger partial charge in [0.1, 0.15) is 28.4 Å². The molecule has 0 radical (unpaired) electrons. The normalized spacial score (nSPS) is 11.0. The van der Waals surface area contributed by atoms with Crippen LogP contribution >= 0.6 is 0 Å². The first-order chi connectivity index (χ1) is 11.3. The molecule has 114 valence electrons. The van der Waals surface area contributed by atoms with Gasteiger partial charge in [-0.1, -0.05) is 36.4 Å². The molecular weight excluding hydrogens is 288 g/mol. The first-order valence-corrected chi connectivity index (χ1v) is 7.40. The number of H-pyrrole nitrogens is 1. The number of imidazole rings is 1. The van der Waals surface area contributed by atoms with Gasteiger partial charge in [0, 0.05) is 5.56 Å². The zero-order valence-electron chi connectivity index (χ0n) is 13.0. The molecule has 0 saturated carbocycles. The van der Waals surface area contributed by atoms with E-state index in [0.717, 1.165) is 33.9 Å². The molecule has 0 aliphatic heterocycles. The van der Waals surface area contributed by atoms with Crippen molar-refractivity contribution in [2.24, 2.45) is 0 Å². The van der Waals surface area contributed by atoms with Crippen molar-refractivity contribution < 1.29 is 9.47 Å². The second kappa shape index (κ2) is 5.32. The fourth-order valence-electron chi connectivity index (χ4n) is 2.85. The number of fused-ring (bicyclic) bond motifs is 2. The van der Waals surface area contributed by atoms with Gasteiger partial charge in [-0.05, 0) is 29.0 Å². The SMILES string of the molecule is COc1ccc(OC)c2[nH]c(-c3ccc4ccccc4c3)nc12. The Morgan fingerprint density at radius 1 is 0.826 bits per heavy atom. The van der Waals surface area contributed by atoms with Crippen molar-refractivity contribution in [3.05, 3.63) is 54.6 Å². The van der Waals surface area contributed by atoms with Gasteiger partial charge in [0.15, 0.2) is 0 Å². The van der Waals surface area contributed by atoms with Crippen LogP contribution in [0.5, 0.6) is 11.5 Å². The van der Waals surface area contributed by atoms with Crippen LogP contribution in [-0.4, -0.2) is 24.2 Å². The van der Waals surface area contributed by atoms with Crippen molar-refractivity contribution in [2.75, 3.05) is 14.2 Å². The van der Waals surface area contributed by atoms with Gasteiger partial charge in [0.2, 0.25) is 0 Å². The predicted octanol–water partition coefficient (Wildman–Crippen LogP) is 4.40. The molecule has 0 bridgehead atoms. The van der Waals surface area contributed by atoms with Crippen LogP contribution in [-0.2, 0) is 0 Å². The van der Waals surface area contributed by atoms with Gasteiger partial charge in [-0.3, -0.25) is 0 Å². The minimum atomic E-state index is 0.726. The van der Waals surface area contributed by atoms with Crippen molar-refractivity contribution in [3.63, 3.8) is 0 Å². The highest BCUT2D eigenvalue weighted by Crippen LogP contribution is 2.34. The molecule has 0 aliphatic carbocycles. The molecule has 1 heterocycles. The van der Waals surface area contributed by atoms with E-state index in [2.05, 4.69) is 35.3 Å². The van der Waals surface area contributed by atoms with Crippen molar-refractivity contribution in [2.45, 2.75) is 0 Å². The first-order valence-electron chi connectivity index (χ1n) is 7.40. The molecule has 4 nitrogen and oxygen atoms in total. The molecule has 1 aromatic heterocycles. The fraction of sp³-hybridized carbons (Fsp3) is 0.105. The van der Waals surface area contributed by atoms with Crippen LogP contribution in [0.1, 0.15) is 0 Å². The predicted molar refractivity (Wildman–Crippen MR) is 92.1 cm³/mol. The number of aromatic amines is 1. The summed E-state index contributed by atoms with van der Waals surface area (Å²) in [4.78, 5) is 8.06. The maximum absolute atomic E-state index is 5.42. The first kappa shape index (κ1) is 13.6. The van der Waals surface area contributed by atoms with Gasteiger partial charge < -0.3 is 14.5 Å². The van der Waals surface area contributed by atoms with Crippen molar-refractivity contribution >= 4 is 21.8 Å². The third kappa shape index (κ3) is 2.19. The van der Waals surface area contributed by atoms with Crippen LogP contribution in [0.4, 0.5) is 0 Å². The van der Waals surface area contributed by atoms with E-state index in [0.29, 0.717) is 0 Å². The Morgan fingerprint density at radius 3 is 2.35 bits per heavy atom. The average molecular weight is 304 g/mol. The molecule has 0 fully saturated rings. The minimum Gasteiger partial charge on any atom is -0.494 e. The molecule has 0 atom stereocenters. The van der Waals surface area contributed by atoms with Crippen molar-refractivity contribution in [3.8, 4) is 22.9 Å². The quantitative estimate of drug-likeness (QED) is 0.610. The number of methoxy groups -OCH3 is 2. The third-order valence-corrected chi connectivity index (χ3v) is 4.03. The zero-order valence-corrected chi connectivity index (χ0v) is 13.0. The smallest absolute Gasteiger partial charge is 0.146 e. The molecule has 4 aromatic rings. The molecule has 4 rings (SSSR count). The van der Waals surface area contributed by atoms with Gasteiger partial charge in [0.25, 0.3) is 0 Å². The van der Waals surface area contributed by atoms with Crippen LogP contribution in [0.2, 0.25) is 0 Å². The van der Waals surface area contributed by atoms with Crippen LogP contribution in [0.15, 0.2) is 54.6 Å². The number of rotatable bonds is 3. The summed E-state index contributed by atoms with van der Waals surface area (Å²) in [5.41, 5.74) is 2.65. The second-order valence-corrected chi connectivity index (χ2v) is 5.34. The summed E-state index contributed by atoms with van der Waals surface area (Å²) in [6, 6.07) is 18.3. The number of nitrogens with zero attached hydrogens (tertiary/aromatic N) is 1. The van der Waals surface area contributed by atoms with Gasteiger partial charge in [-0.25, -0.2) is 4.98 Å². The Kier molecular flexibility index (Phi) is 3.15. The summed E-state index contributed by atoms with van der Waals surface area (Å²) in [6.45, 7) is 0. The largest absolute Gasteiger partial charge is 0.494 e. The highest BCUT2D eigenvalue weighted by Gasteiger charge is 2.14. The highest BCUT2D eigenvalue weighted by atomic mass is 16.5. The Bertz CT molecular complexity index is 964. The summed E-state index contributed by atoms with van der Waals surface area (Å²) in [6.07, 6.45) is 0. The minimum absolute atomic E-state index is 0.726. The summed E-state index contributed by atoms with van der Waals surface area (Å²) < 4.78 is 10.8. The van der Waals surface area contributed by atoms with Crippen LogP contribution in [0.25, 0.3) is 33.2 Å². The van der Waals surface area contributed by atoms with Crippen molar-refractivity contribution in [1.29, 1.82) is 0 Å². The van der Waals surface area contributed by atoms with E-state index >= 15 is 0 Å². The molecule has 0 amide bonds. The molecule has 4 heteroatoms. The summed E-state index contributed by atoms with van der Waals surface area (Å²) in [5.74, 6) is 2.28. The number of aromatic nitrogens is 2. The number of hydrogen-bond donors (Lipinski definition) is 1. The lowest BCUT2D eigenvalue weighted by molar-refractivity contribution is 0.409. The van der Waals surface area contributed by atoms with Crippen LogP contribution < -0.4 is 9.47 Å². The van der Waals surface area contributed by atoms with Gasteiger partial charge in [0.05, 0.1) is 14.2 Å². The molecule has 23 heavy (non-hydrogen) atoms. The standard InChI is InChI=1S/C19H16N2O2/c1-22-15-9-10-16(23-2)18-17(15)20-19(21-18)14-8-7-12-5-3-4-6-13(12)11-14/h3-11H,1-2H3,(H,20,21). The van der Waals surface area contributed by atoms with Gasteiger partial charge in [-0.15, -0.1) is 0 Å². The molecule has 0 unspecified atom stereocenters. The van der Waals surface area contributed by atoms with E-state index in [4.69, 9.17) is 14.5 Å². The van der Waals surface area contributed by atoms with Crippen molar-refractivity contribution in [1.82, 2.24) is 9.97 Å². The van der Waals surface area contributed by atoms with Gasteiger partial charge >= 0.3 is 0 Å². The Hall–Kier alpha value is -3.01. The van der Waals surface area contributed by atoms with E-state index in [1.807, 2.05) is 24.3 Å². The van der Waals surface area contributed by atoms with E-state index in [1.54, 1.807) is 14.2 Å². The van der Waals surface area contributed by atoms with Crippen LogP contribution in [0.3, 0.4) is 0 Å². The van der Waals surface area contributed by atoms with E-state index in [1.165, 1.54) is 10.8 Å². The number of benzene rings is 3. The Labute approximate surface area is 133 Å². The Balaban J connectivity index is 1.93. The maximum Gasteiger partial charge on any atom is 0.146 e. The zero-order chi connectivity index (χ0) is 15.8. The lowest BCUT2D eigenvalue weighted by Gasteiger charge is -2.04. The third-order valence-electron chi connectivity index (χ3n) is 4.03. The molecular formula is C19H16N2O2. The molecule has 0 aliphatic rings. The van der Waals surface area contributed by atoms with E-state index in [9.17, 15) is 0 Å². The summed E-state index contributed by atoms with van der Waals surface area (Å²) >= 11 is 0. The topological polar surface area (TPSA) is 47.1 Å². The Morgan fingerprint density at radius 2 is 1.57 bits per heavy atom. The highest BCUT2D eigenvalue weighted by molar-refractivity contribution is 5.91. The fourth-order valence-corrected chi connectivity index (χ4v) is 2.85.